The van der Waals surface area contributed by atoms with Crippen molar-refractivity contribution in [3.05, 3.63) is 0 Å². The highest BCUT2D eigenvalue weighted by Gasteiger charge is 2.22. The van der Waals surface area contributed by atoms with Crippen LogP contribution >= 0.6 is 0 Å². The van der Waals surface area contributed by atoms with Gasteiger partial charge in [0, 0.05) is 12.6 Å². The number of likely N-dealkylation sites (N-methyl/N-ethyl adjacent to an activating group) is 2. The van der Waals surface area contributed by atoms with E-state index in [-0.39, 0.29) is 5.97 Å². The topological polar surface area (TPSA) is 32.8 Å². The second kappa shape index (κ2) is 7.67. The van der Waals surface area contributed by atoms with Crippen molar-refractivity contribution in [3.63, 3.8) is 0 Å². The first-order valence-corrected chi connectivity index (χ1v) is 6.68. The maximum absolute atomic E-state index is 11.6. The zero-order valence-corrected chi connectivity index (χ0v) is 11.4. The molecule has 4 heteroatoms. The van der Waals surface area contributed by atoms with Crippen LogP contribution in [0.1, 0.15) is 32.6 Å². The van der Waals surface area contributed by atoms with E-state index in [0.717, 1.165) is 19.4 Å². The number of likely N-dealkylation sites (tertiary alicyclic amines) is 1. The lowest BCUT2D eigenvalue weighted by Gasteiger charge is -2.35. The van der Waals surface area contributed by atoms with Crippen molar-refractivity contribution in [2.75, 3.05) is 40.3 Å². The molecule has 1 fully saturated rings. The Hall–Kier alpha value is -0.610. The fraction of sp³-hybridized carbons (Fsp3) is 0.923. The number of carbonyl (C=O) groups excluding carboxylic acids is 1. The normalized spacial score (nSPS) is 21.8. The Labute approximate surface area is 105 Å². The Kier molecular flexibility index (Phi) is 6.52. The fourth-order valence-electron chi connectivity index (χ4n) is 2.21. The highest BCUT2D eigenvalue weighted by molar-refractivity contribution is 5.71. The van der Waals surface area contributed by atoms with E-state index in [1.54, 1.807) is 0 Å². The van der Waals surface area contributed by atoms with E-state index in [1.807, 2.05) is 7.05 Å². The van der Waals surface area contributed by atoms with Gasteiger partial charge in [-0.2, -0.15) is 0 Å². The van der Waals surface area contributed by atoms with Crippen LogP contribution in [0.5, 0.6) is 0 Å². The number of hydrogen-bond acceptors (Lipinski definition) is 4. The first kappa shape index (κ1) is 14.5. The number of rotatable bonds is 6. The molecule has 0 bridgehead atoms. The summed E-state index contributed by atoms with van der Waals surface area (Å²) in [7, 11) is 4.16. The third kappa shape index (κ3) is 5.50. The molecule has 0 amide bonds. The first-order chi connectivity index (χ1) is 8.13. The molecule has 0 N–H and O–H groups in total. The number of nitrogens with zero attached hydrogens (tertiary/aromatic N) is 2. The summed E-state index contributed by atoms with van der Waals surface area (Å²) in [5.74, 6) is -0.0887. The van der Waals surface area contributed by atoms with Gasteiger partial charge in [-0.3, -0.25) is 9.69 Å². The monoisotopic (exact) mass is 242 g/mol. The third-order valence-electron chi connectivity index (χ3n) is 3.36. The van der Waals surface area contributed by atoms with Crippen molar-refractivity contribution in [1.82, 2.24) is 9.80 Å². The van der Waals surface area contributed by atoms with Gasteiger partial charge in [0.2, 0.25) is 0 Å². The van der Waals surface area contributed by atoms with Crippen molar-refractivity contribution in [2.45, 2.75) is 38.6 Å². The predicted octanol–water partition coefficient (Wildman–Crippen LogP) is 1.36. The summed E-state index contributed by atoms with van der Waals surface area (Å²) in [5, 5.41) is 0. The van der Waals surface area contributed by atoms with Gasteiger partial charge in [0.05, 0.1) is 13.2 Å². The summed E-state index contributed by atoms with van der Waals surface area (Å²) in [6.45, 7) is 5.30. The number of esters is 1. The maximum atomic E-state index is 11.6. The molecule has 1 heterocycles. The van der Waals surface area contributed by atoms with Crippen LogP contribution in [0.4, 0.5) is 0 Å². The van der Waals surface area contributed by atoms with Crippen molar-refractivity contribution in [2.24, 2.45) is 0 Å². The zero-order valence-electron chi connectivity index (χ0n) is 11.4. The molecule has 1 aliphatic heterocycles. The second-order valence-corrected chi connectivity index (χ2v) is 5.05. The quantitative estimate of drug-likeness (QED) is 0.520. The summed E-state index contributed by atoms with van der Waals surface area (Å²) < 4.78 is 5.18. The summed E-state index contributed by atoms with van der Waals surface area (Å²) in [5.41, 5.74) is 0. The van der Waals surface area contributed by atoms with Crippen LogP contribution in [0.3, 0.4) is 0 Å². The van der Waals surface area contributed by atoms with E-state index in [2.05, 4.69) is 23.8 Å². The third-order valence-corrected chi connectivity index (χ3v) is 3.36. The number of ether oxygens (including phenoxy) is 1. The lowest BCUT2D eigenvalue weighted by molar-refractivity contribution is -0.145. The molecule has 0 radical (unpaired) electrons. The van der Waals surface area contributed by atoms with E-state index in [9.17, 15) is 4.79 Å². The minimum Gasteiger partial charge on any atom is -0.465 e. The SMILES string of the molecule is CCCCOC(=O)CN(C)C1CCCN(C)C1. The average Bonchev–Trinajstić information content (AvgIpc) is 2.29. The molecule has 1 rings (SSSR count). The molecule has 0 aromatic carbocycles. The Morgan fingerprint density at radius 1 is 1.53 bits per heavy atom. The summed E-state index contributed by atoms with van der Waals surface area (Å²) in [4.78, 5) is 16.0. The van der Waals surface area contributed by atoms with Crippen molar-refractivity contribution in [1.29, 1.82) is 0 Å². The number of unbranched alkanes of at least 4 members (excludes halogenated alkanes) is 1. The zero-order chi connectivity index (χ0) is 12.7. The van der Waals surface area contributed by atoms with E-state index in [0.29, 0.717) is 19.2 Å². The molecule has 0 aliphatic carbocycles. The van der Waals surface area contributed by atoms with Gasteiger partial charge in [0.15, 0.2) is 0 Å². The Morgan fingerprint density at radius 3 is 2.94 bits per heavy atom. The van der Waals surface area contributed by atoms with Crippen molar-refractivity contribution in [3.8, 4) is 0 Å². The molecule has 17 heavy (non-hydrogen) atoms. The van der Waals surface area contributed by atoms with Crippen LogP contribution in [0.15, 0.2) is 0 Å². The molecule has 0 spiro atoms. The first-order valence-electron chi connectivity index (χ1n) is 6.68. The molecule has 0 aromatic rings. The van der Waals surface area contributed by atoms with Crippen LogP contribution in [-0.4, -0.2) is 62.1 Å². The molecular formula is C13H26N2O2. The number of carbonyl (C=O) groups is 1. The molecule has 1 aliphatic rings. The van der Waals surface area contributed by atoms with E-state index in [4.69, 9.17) is 4.74 Å². The summed E-state index contributed by atoms with van der Waals surface area (Å²) >= 11 is 0. The van der Waals surface area contributed by atoms with E-state index in [1.165, 1.54) is 19.4 Å². The largest absolute Gasteiger partial charge is 0.465 e. The average molecular weight is 242 g/mol. The van der Waals surface area contributed by atoms with Gasteiger partial charge in [-0.15, -0.1) is 0 Å². The fourth-order valence-corrected chi connectivity index (χ4v) is 2.21. The standard InChI is InChI=1S/C13H26N2O2/c1-4-5-9-17-13(16)11-15(3)12-7-6-8-14(2)10-12/h12H,4-11H2,1-3H3. The Morgan fingerprint density at radius 2 is 2.29 bits per heavy atom. The predicted molar refractivity (Wildman–Crippen MR) is 69.0 cm³/mol. The summed E-state index contributed by atoms with van der Waals surface area (Å²) in [6, 6.07) is 0.493. The van der Waals surface area contributed by atoms with Gasteiger partial charge < -0.3 is 9.64 Å². The molecular weight excluding hydrogens is 216 g/mol. The Balaban J connectivity index is 2.22. The van der Waals surface area contributed by atoms with Gasteiger partial charge in [-0.1, -0.05) is 13.3 Å². The Bertz CT molecular complexity index is 233. The van der Waals surface area contributed by atoms with Crippen LogP contribution in [-0.2, 0) is 9.53 Å². The molecule has 0 saturated carbocycles. The maximum Gasteiger partial charge on any atom is 0.320 e. The molecule has 1 saturated heterocycles. The lowest BCUT2D eigenvalue weighted by atomic mass is 10.1. The summed E-state index contributed by atoms with van der Waals surface area (Å²) in [6.07, 6.45) is 4.43. The van der Waals surface area contributed by atoms with Gasteiger partial charge in [-0.05, 0) is 39.9 Å². The minimum atomic E-state index is -0.0887. The number of piperidine rings is 1. The van der Waals surface area contributed by atoms with Gasteiger partial charge in [0.1, 0.15) is 0 Å². The minimum absolute atomic E-state index is 0.0887. The van der Waals surface area contributed by atoms with Crippen LogP contribution < -0.4 is 0 Å². The highest BCUT2D eigenvalue weighted by atomic mass is 16.5. The second-order valence-electron chi connectivity index (χ2n) is 5.05. The van der Waals surface area contributed by atoms with Crippen LogP contribution in [0.25, 0.3) is 0 Å². The molecule has 1 unspecified atom stereocenters. The van der Waals surface area contributed by atoms with Crippen molar-refractivity contribution < 1.29 is 9.53 Å². The van der Waals surface area contributed by atoms with Gasteiger partial charge in [-0.25, -0.2) is 0 Å². The molecule has 1 atom stereocenters. The molecule has 100 valence electrons. The van der Waals surface area contributed by atoms with E-state index >= 15 is 0 Å². The highest BCUT2D eigenvalue weighted by Crippen LogP contribution is 2.13. The van der Waals surface area contributed by atoms with Crippen molar-refractivity contribution >= 4 is 5.97 Å². The lowest BCUT2D eigenvalue weighted by Crippen LogP contribution is -2.46. The van der Waals surface area contributed by atoms with Gasteiger partial charge in [0.25, 0.3) is 0 Å². The number of hydrogen-bond donors (Lipinski definition) is 0. The van der Waals surface area contributed by atoms with Crippen LogP contribution in [0, 0.1) is 0 Å². The molecule has 4 nitrogen and oxygen atoms in total. The van der Waals surface area contributed by atoms with Crippen LogP contribution in [0.2, 0.25) is 0 Å². The van der Waals surface area contributed by atoms with E-state index < -0.39 is 0 Å². The molecule has 0 aromatic heterocycles. The van der Waals surface area contributed by atoms with Gasteiger partial charge >= 0.3 is 5.97 Å². The smallest absolute Gasteiger partial charge is 0.320 e.